The van der Waals surface area contributed by atoms with E-state index in [1.165, 1.54) is 4.57 Å². The van der Waals surface area contributed by atoms with Crippen LogP contribution in [-0.4, -0.2) is 33.6 Å². The van der Waals surface area contributed by atoms with Gasteiger partial charge in [-0.05, 0) is 43.9 Å². The molecule has 0 saturated heterocycles. The molecule has 1 fully saturated rings. The third-order valence-corrected chi connectivity index (χ3v) is 5.27. The zero-order chi connectivity index (χ0) is 21.8. The number of benzene rings is 1. The summed E-state index contributed by atoms with van der Waals surface area (Å²) in [7, 11) is 0. The van der Waals surface area contributed by atoms with E-state index >= 15 is 0 Å². The highest BCUT2D eigenvalue weighted by molar-refractivity contribution is 6.05. The fraction of sp³-hybridized carbons (Fsp3) is 0.391. The van der Waals surface area contributed by atoms with Crippen LogP contribution in [0.5, 0.6) is 5.75 Å². The highest BCUT2D eigenvalue weighted by Crippen LogP contribution is 2.39. The second-order valence-electron chi connectivity index (χ2n) is 7.75. The number of H-pyrrole nitrogens is 1. The van der Waals surface area contributed by atoms with Crippen molar-refractivity contribution < 1.29 is 9.53 Å². The van der Waals surface area contributed by atoms with Crippen molar-refractivity contribution in [3.8, 4) is 5.75 Å². The van der Waals surface area contributed by atoms with Gasteiger partial charge in [-0.15, -0.1) is 0 Å². The molecule has 31 heavy (non-hydrogen) atoms. The molecule has 1 saturated carbocycles. The molecule has 2 heterocycles. The number of aromatic nitrogens is 3. The lowest BCUT2D eigenvalue weighted by molar-refractivity contribution is 0.0953. The second-order valence-corrected chi connectivity index (χ2v) is 7.75. The van der Waals surface area contributed by atoms with E-state index in [9.17, 15) is 14.4 Å². The SMILES string of the molecule is CCCn1c(=O)[nH]c(=O)c2c(C(=O)NCCCOc3ccccc3)cc(C3CC3)nc21. The monoisotopic (exact) mass is 422 g/mol. The van der Waals surface area contributed by atoms with Crippen molar-refractivity contribution in [3.63, 3.8) is 0 Å². The van der Waals surface area contributed by atoms with Gasteiger partial charge >= 0.3 is 5.69 Å². The number of nitrogens with zero attached hydrogens (tertiary/aromatic N) is 2. The summed E-state index contributed by atoms with van der Waals surface area (Å²) in [4.78, 5) is 44.9. The number of para-hydroxylation sites is 1. The van der Waals surface area contributed by atoms with Crippen molar-refractivity contribution in [2.24, 2.45) is 0 Å². The summed E-state index contributed by atoms with van der Waals surface area (Å²) in [6, 6.07) is 11.2. The fourth-order valence-electron chi connectivity index (χ4n) is 3.57. The maximum Gasteiger partial charge on any atom is 0.329 e. The molecule has 0 atom stereocenters. The first-order valence-electron chi connectivity index (χ1n) is 10.7. The molecule has 1 aliphatic carbocycles. The molecule has 0 spiro atoms. The first-order chi connectivity index (χ1) is 15.1. The minimum atomic E-state index is -0.584. The number of fused-ring (bicyclic) bond motifs is 1. The first-order valence-corrected chi connectivity index (χ1v) is 10.7. The fourth-order valence-corrected chi connectivity index (χ4v) is 3.57. The molecule has 162 valence electrons. The maximum absolute atomic E-state index is 13.0. The first kappa shape index (κ1) is 20.8. The molecule has 2 N–H and O–H groups in total. The number of amides is 1. The Kier molecular flexibility index (Phi) is 6.16. The van der Waals surface area contributed by atoms with E-state index in [1.807, 2.05) is 37.3 Å². The van der Waals surface area contributed by atoms with Gasteiger partial charge in [0.15, 0.2) is 5.65 Å². The van der Waals surface area contributed by atoms with Crippen LogP contribution in [0.2, 0.25) is 0 Å². The zero-order valence-corrected chi connectivity index (χ0v) is 17.5. The Morgan fingerprint density at radius 3 is 2.74 bits per heavy atom. The number of hydrogen-bond acceptors (Lipinski definition) is 5. The van der Waals surface area contributed by atoms with E-state index in [-0.39, 0.29) is 28.4 Å². The molecule has 3 aromatic rings. The predicted octanol–water partition coefficient (Wildman–Crippen LogP) is 2.57. The molecule has 0 radical (unpaired) electrons. The summed E-state index contributed by atoms with van der Waals surface area (Å²) < 4.78 is 7.09. The van der Waals surface area contributed by atoms with Crippen molar-refractivity contribution in [2.75, 3.05) is 13.2 Å². The van der Waals surface area contributed by atoms with Gasteiger partial charge in [0, 0.05) is 24.7 Å². The molecular weight excluding hydrogens is 396 g/mol. The summed E-state index contributed by atoms with van der Waals surface area (Å²) in [5.74, 6) is 0.712. The Bertz CT molecular complexity index is 1200. The molecule has 0 bridgehead atoms. The molecule has 2 aromatic heterocycles. The Hall–Kier alpha value is -3.42. The number of aryl methyl sites for hydroxylation is 1. The van der Waals surface area contributed by atoms with Gasteiger partial charge in [-0.3, -0.25) is 19.1 Å². The number of rotatable bonds is 9. The lowest BCUT2D eigenvalue weighted by Gasteiger charge is -2.13. The number of carbonyl (C=O) groups excluding carboxylic acids is 1. The summed E-state index contributed by atoms with van der Waals surface area (Å²) in [5.41, 5.74) is 0.239. The average Bonchev–Trinajstić information content (AvgIpc) is 3.61. The van der Waals surface area contributed by atoms with E-state index < -0.39 is 11.2 Å². The number of hydrogen-bond donors (Lipinski definition) is 2. The number of carbonyl (C=O) groups is 1. The maximum atomic E-state index is 13.0. The van der Waals surface area contributed by atoms with E-state index in [0.29, 0.717) is 32.5 Å². The summed E-state index contributed by atoms with van der Waals surface area (Å²) in [6.07, 6.45) is 3.32. The quantitative estimate of drug-likeness (QED) is 0.516. The summed E-state index contributed by atoms with van der Waals surface area (Å²) in [6.45, 7) is 3.23. The highest BCUT2D eigenvalue weighted by atomic mass is 16.5. The third-order valence-electron chi connectivity index (χ3n) is 5.27. The van der Waals surface area contributed by atoms with Gasteiger partial charge in [0.25, 0.3) is 11.5 Å². The molecule has 0 aliphatic heterocycles. The number of ether oxygens (including phenoxy) is 1. The largest absolute Gasteiger partial charge is 0.494 e. The lowest BCUT2D eigenvalue weighted by Crippen LogP contribution is -2.33. The Morgan fingerprint density at radius 1 is 1.26 bits per heavy atom. The minimum Gasteiger partial charge on any atom is -0.494 e. The standard InChI is InChI=1S/C23H26N4O4/c1-2-12-27-20-19(22(29)26-23(27)30)17(14-18(25-20)15-9-10-15)21(28)24-11-6-13-31-16-7-4-3-5-8-16/h3-5,7-8,14-15H,2,6,9-13H2,1H3,(H,24,28)(H,26,29,30). The Balaban J connectivity index is 1.55. The van der Waals surface area contributed by atoms with Crippen LogP contribution >= 0.6 is 0 Å². The molecule has 4 rings (SSSR count). The molecule has 0 unspecified atom stereocenters. The van der Waals surface area contributed by atoms with Gasteiger partial charge in [0.2, 0.25) is 0 Å². The van der Waals surface area contributed by atoms with Gasteiger partial charge in [-0.2, -0.15) is 0 Å². The summed E-state index contributed by atoms with van der Waals surface area (Å²) in [5, 5.41) is 3.03. The average molecular weight is 422 g/mol. The number of aromatic amines is 1. The predicted molar refractivity (Wildman–Crippen MR) is 118 cm³/mol. The molecule has 1 amide bonds. The molecule has 1 aromatic carbocycles. The van der Waals surface area contributed by atoms with Gasteiger partial charge in [-0.1, -0.05) is 25.1 Å². The van der Waals surface area contributed by atoms with Crippen LogP contribution in [0.4, 0.5) is 0 Å². The van der Waals surface area contributed by atoms with Crippen LogP contribution in [0.1, 0.15) is 54.6 Å². The van der Waals surface area contributed by atoms with Crippen molar-refractivity contribution in [2.45, 2.75) is 45.1 Å². The second kappa shape index (κ2) is 9.16. The van der Waals surface area contributed by atoms with Crippen LogP contribution < -0.4 is 21.3 Å². The van der Waals surface area contributed by atoms with Gasteiger partial charge in [-0.25, -0.2) is 9.78 Å². The van der Waals surface area contributed by atoms with Crippen molar-refractivity contribution >= 4 is 16.9 Å². The minimum absolute atomic E-state index is 0.162. The Morgan fingerprint density at radius 2 is 2.03 bits per heavy atom. The topological polar surface area (TPSA) is 106 Å². The molecule has 8 nitrogen and oxygen atoms in total. The zero-order valence-electron chi connectivity index (χ0n) is 17.5. The van der Waals surface area contributed by atoms with Crippen LogP contribution in [0, 0.1) is 0 Å². The van der Waals surface area contributed by atoms with Crippen LogP contribution in [-0.2, 0) is 6.54 Å². The van der Waals surface area contributed by atoms with Crippen LogP contribution in [0.3, 0.4) is 0 Å². The molecular formula is C23H26N4O4. The van der Waals surface area contributed by atoms with Crippen molar-refractivity contribution in [3.05, 3.63) is 68.5 Å². The van der Waals surface area contributed by atoms with Crippen LogP contribution in [0.25, 0.3) is 11.0 Å². The number of nitrogens with one attached hydrogen (secondary N) is 2. The van der Waals surface area contributed by atoms with E-state index in [0.717, 1.165) is 24.3 Å². The highest BCUT2D eigenvalue weighted by Gasteiger charge is 2.28. The van der Waals surface area contributed by atoms with Crippen molar-refractivity contribution in [1.82, 2.24) is 19.9 Å². The van der Waals surface area contributed by atoms with Gasteiger partial charge < -0.3 is 10.1 Å². The van der Waals surface area contributed by atoms with E-state index in [2.05, 4.69) is 15.3 Å². The third kappa shape index (κ3) is 4.68. The summed E-state index contributed by atoms with van der Waals surface area (Å²) >= 11 is 0. The van der Waals surface area contributed by atoms with E-state index in [1.54, 1.807) is 6.07 Å². The Labute approximate surface area is 179 Å². The van der Waals surface area contributed by atoms with E-state index in [4.69, 9.17) is 4.74 Å². The van der Waals surface area contributed by atoms with Crippen molar-refractivity contribution in [1.29, 1.82) is 0 Å². The van der Waals surface area contributed by atoms with Crippen LogP contribution in [0.15, 0.2) is 46.0 Å². The normalized spacial score (nSPS) is 13.3. The van der Waals surface area contributed by atoms with Gasteiger partial charge in [0.1, 0.15) is 5.75 Å². The lowest BCUT2D eigenvalue weighted by atomic mass is 10.1. The molecule has 1 aliphatic rings. The molecule has 8 heteroatoms. The number of pyridine rings is 1. The smallest absolute Gasteiger partial charge is 0.329 e. The van der Waals surface area contributed by atoms with Gasteiger partial charge in [0.05, 0.1) is 17.6 Å².